The number of aryl methyl sites for hydroxylation is 1. The minimum Gasteiger partial charge on any atom is -0.598 e. The Hall–Kier alpha value is -1.96. The molecule has 0 aliphatic heterocycles. The Balaban J connectivity index is 2.23. The highest BCUT2D eigenvalue weighted by Crippen LogP contribution is 2.37. The second-order valence-corrected chi connectivity index (χ2v) is 12.7. The van der Waals surface area contributed by atoms with Crippen LogP contribution >= 0.6 is 0 Å². The molecule has 3 aromatic rings. The van der Waals surface area contributed by atoms with Gasteiger partial charge in [-0.25, -0.2) is 13.2 Å². The summed E-state index contributed by atoms with van der Waals surface area (Å²) in [4.78, 5) is 0. The zero-order valence-corrected chi connectivity index (χ0v) is 21.1. The van der Waals surface area contributed by atoms with E-state index in [0.29, 0.717) is 23.0 Å². The average molecular weight is 479 g/mol. The van der Waals surface area contributed by atoms with Crippen LogP contribution in [0.1, 0.15) is 58.7 Å². The zero-order valence-electron chi connectivity index (χ0n) is 20.3. The van der Waals surface area contributed by atoms with Crippen LogP contribution in [0.3, 0.4) is 0 Å². The molecule has 1 heterocycles. The lowest BCUT2D eigenvalue weighted by Crippen LogP contribution is -2.43. The quantitative estimate of drug-likeness (QED) is 0.382. The van der Waals surface area contributed by atoms with Gasteiger partial charge in [0.1, 0.15) is 16.6 Å². The van der Waals surface area contributed by atoms with Crippen LogP contribution in [0, 0.1) is 18.2 Å². The van der Waals surface area contributed by atoms with Crippen LogP contribution in [-0.4, -0.2) is 20.3 Å². The van der Waals surface area contributed by atoms with Crippen LogP contribution in [0.15, 0.2) is 42.6 Å². The van der Waals surface area contributed by atoms with Crippen molar-refractivity contribution in [1.29, 1.82) is 0 Å². The molecule has 2 atom stereocenters. The van der Waals surface area contributed by atoms with Crippen molar-refractivity contribution in [2.24, 2.45) is 5.41 Å². The van der Waals surface area contributed by atoms with E-state index in [2.05, 4.69) is 25.5 Å². The molecule has 0 aliphatic carbocycles. The topological polar surface area (TPSA) is 40.0 Å². The van der Waals surface area contributed by atoms with Gasteiger partial charge in [0.25, 0.3) is 6.43 Å². The molecule has 0 spiro atoms. The molecule has 180 valence electrons. The molecule has 3 nitrogen and oxygen atoms in total. The van der Waals surface area contributed by atoms with Crippen LogP contribution in [-0.2, 0) is 17.9 Å². The summed E-state index contributed by atoms with van der Waals surface area (Å²) in [6.07, 6.45) is -1.16. The maximum atomic E-state index is 15.4. The van der Waals surface area contributed by atoms with E-state index >= 15 is 4.39 Å². The lowest BCUT2D eigenvalue weighted by atomic mass is 9.96. The number of aromatic nitrogens is 1. The van der Waals surface area contributed by atoms with Crippen LogP contribution in [0.5, 0.6) is 0 Å². The summed E-state index contributed by atoms with van der Waals surface area (Å²) in [6, 6.07) is 9.10. The SMILES string of the molecule is Cc1ccccc1-c1cc2c(cc1F)c(C(N[S+]([O-])C(C)(C)C)C(F)F)cn2CC(C)(C)C. The molecule has 33 heavy (non-hydrogen) atoms. The molecular formula is C26H33F3N2OS. The minimum atomic E-state index is -2.82. The predicted octanol–water partition coefficient (Wildman–Crippen LogP) is 7.16. The molecule has 3 rings (SSSR count). The van der Waals surface area contributed by atoms with Crippen molar-refractivity contribution in [3.63, 3.8) is 0 Å². The largest absolute Gasteiger partial charge is 0.598 e. The number of alkyl halides is 2. The van der Waals surface area contributed by atoms with Crippen molar-refractivity contribution >= 4 is 22.3 Å². The first kappa shape index (κ1) is 25.7. The molecule has 1 aromatic heterocycles. The fourth-order valence-corrected chi connectivity index (χ4v) is 4.67. The van der Waals surface area contributed by atoms with Gasteiger partial charge in [0, 0.05) is 46.1 Å². The number of halogens is 3. The normalized spacial score (nSPS) is 14.8. The number of hydrogen-bond donors (Lipinski definition) is 1. The summed E-state index contributed by atoms with van der Waals surface area (Å²) in [5, 5.41) is 0.401. The van der Waals surface area contributed by atoms with Crippen LogP contribution in [0.2, 0.25) is 0 Å². The van der Waals surface area contributed by atoms with Gasteiger partial charge in [-0.1, -0.05) is 45.0 Å². The van der Waals surface area contributed by atoms with Gasteiger partial charge in [-0.05, 0) is 56.4 Å². The molecule has 0 aliphatic rings. The molecule has 0 bridgehead atoms. The van der Waals surface area contributed by atoms with Crippen molar-refractivity contribution in [2.75, 3.05) is 0 Å². The average Bonchev–Trinajstić information content (AvgIpc) is 3.00. The van der Waals surface area contributed by atoms with E-state index in [1.54, 1.807) is 33.0 Å². The van der Waals surface area contributed by atoms with Gasteiger partial charge in [0.2, 0.25) is 0 Å². The smallest absolute Gasteiger partial charge is 0.262 e. The lowest BCUT2D eigenvalue weighted by Gasteiger charge is -2.27. The molecule has 0 saturated carbocycles. The lowest BCUT2D eigenvalue weighted by molar-refractivity contribution is 0.109. The van der Waals surface area contributed by atoms with E-state index in [1.165, 1.54) is 6.07 Å². The Morgan fingerprint density at radius 1 is 1.03 bits per heavy atom. The number of hydrogen-bond acceptors (Lipinski definition) is 2. The van der Waals surface area contributed by atoms with Crippen molar-refractivity contribution in [3.8, 4) is 11.1 Å². The second-order valence-electron chi connectivity index (χ2n) is 10.7. The molecule has 7 heteroatoms. The van der Waals surface area contributed by atoms with Gasteiger partial charge in [-0.15, -0.1) is 4.72 Å². The van der Waals surface area contributed by atoms with E-state index in [1.807, 2.05) is 35.8 Å². The van der Waals surface area contributed by atoms with Gasteiger partial charge < -0.3 is 9.12 Å². The molecule has 2 aromatic carbocycles. The minimum absolute atomic E-state index is 0.136. The first-order valence-corrected chi connectivity index (χ1v) is 12.2. The summed E-state index contributed by atoms with van der Waals surface area (Å²) in [5.41, 5.74) is 2.91. The Labute approximate surface area is 197 Å². The highest BCUT2D eigenvalue weighted by atomic mass is 32.2. The number of fused-ring (bicyclic) bond motifs is 1. The highest BCUT2D eigenvalue weighted by molar-refractivity contribution is 7.90. The van der Waals surface area contributed by atoms with Gasteiger partial charge in [0.05, 0.1) is 0 Å². The molecule has 1 N–H and O–H groups in total. The standard InChI is InChI=1S/C26H33F3N2OS/c1-16-10-8-9-11-17(16)18-13-22-19(12-21(18)27)20(14-31(22)15-25(2,3)4)23(24(28)29)30-33(32)26(5,6)7/h8-14,23-24,30H,15H2,1-7H3. The third-order valence-corrected chi connectivity index (χ3v) is 7.04. The first-order valence-electron chi connectivity index (χ1n) is 11.0. The van der Waals surface area contributed by atoms with Gasteiger partial charge in [0.15, 0.2) is 0 Å². The molecular weight excluding hydrogens is 445 g/mol. The van der Waals surface area contributed by atoms with Crippen molar-refractivity contribution < 1.29 is 17.7 Å². The molecule has 2 unspecified atom stereocenters. The second kappa shape index (κ2) is 9.35. The van der Waals surface area contributed by atoms with Crippen molar-refractivity contribution in [3.05, 3.63) is 59.5 Å². The molecule has 0 amide bonds. The third kappa shape index (κ3) is 5.76. The summed E-state index contributed by atoms with van der Waals surface area (Å²) >= 11 is -1.72. The predicted molar refractivity (Wildman–Crippen MR) is 131 cm³/mol. The van der Waals surface area contributed by atoms with Gasteiger partial charge in [-0.2, -0.15) is 0 Å². The van der Waals surface area contributed by atoms with Crippen molar-refractivity contribution in [2.45, 2.75) is 72.2 Å². The Bertz CT molecular complexity index is 1130. The first-order chi connectivity index (χ1) is 15.2. The molecule has 0 fully saturated rings. The fraction of sp³-hybridized carbons (Fsp3) is 0.462. The van der Waals surface area contributed by atoms with E-state index < -0.39 is 34.4 Å². The number of nitrogens with one attached hydrogen (secondary N) is 1. The fourth-order valence-electron chi connectivity index (χ4n) is 3.85. The van der Waals surface area contributed by atoms with Gasteiger partial charge >= 0.3 is 0 Å². The van der Waals surface area contributed by atoms with Crippen LogP contribution in [0.4, 0.5) is 13.2 Å². The molecule has 0 saturated heterocycles. The number of rotatable bonds is 6. The Kier molecular flexibility index (Phi) is 7.27. The Morgan fingerprint density at radius 3 is 2.21 bits per heavy atom. The summed E-state index contributed by atoms with van der Waals surface area (Å²) in [5.74, 6) is -0.475. The van der Waals surface area contributed by atoms with E-state index in [0.717, 1.165) is 11.1 Å². The zero-order chi connectivity index (χ0) is 24.7. The van der Waals surface area contributed by atoms with Crippen molar-refractivity contribution in [1.82, 2.24) is 9.29 Å². The number of nitrogens with zero attached hydrogens (tertiary/aromatic N) is 1. The van der Waals surface area contributed by atoms with Gasteiger partial charge in [-0.3, -0.25) is 0 Å². The third-order valence-electron chi connectivity index (χ3n) is 5.46. The van der Waals surface area contributed by atoms with E-state index in [-0.39, 0.29) is 11.0 Å². The monoisotopic (exact) mass is 478 g/mol. The maximum Gasteiger partial charge on any atom is 0.262 e. The van der Waals surface area contributed by atoms with E-state index in [4.69, 9.17) is 0 Å². The van der Waals surface area contributed by atoms with E-state index in [9.17, 15) is 13.3 Å². The Morgan fingerprint density at radius 2 is 1.67 bits per heavy atom. The van der Waals surface area contributed by atoms with Crippen LogP contribution < -0.4 is 4.72 Å². The summed E-state index contributed by atoms with van der Waals surface area (Å²) in [7, 11) is 0. The summed E-state index contributed by atoms with van der Waals surface area (Å²) in [6.45, 7) is 13.8. The maximum absolute atomic E-state index is 15.4. The molecule has 0 radical (unpaired) electrons. The summed E-state index contributed by atoms with van der Waals surface area (Å²) < 4.78 is 60.2. The highest BCUT2D eigenvalue weighted by Gasteiger charge is 2.36. The van der Waals surface area contributed by atoms with Crippen LogP contribution in [0.25, 0.3) is 22.0 Å². The number of benzene rings is 2.